The number of amides is 3. The van der Waals surface area contributed by atoms with E-state index in [4.69, 9.17) is 9.47 Å². The van der Waals surface area contributed by atoms with E-state index in [9.17, 15) is 14.4 Å². The molecular weight excluding hydrogens is 406 g/mol. The van der Waals surface area contributed by atoms with Gasteiger partial charge in [0.25, 0.3) is 11.8 Å². The SMILES string of the molecule is COc1ccc(OC)c(-c2csc(NC(=O)CN3C(=O)c4ccccc4C3=O)n2)c1. The number of nitrogens with zero attached hydrogens (tertiary/aromatic N) is 2. The highest BCUT2D eigenvalue weighted by atomic mass is 32.1. The number of fused-ring (bicyclic) bond motifs is 1. The Morgan fingerprint density at radius 1 is 1.03 bits per heavy atom. The molecule has 0 bridgehead atoms. The Labute approximate surface area is 176 Å². The fraction of sp³-hybridized carbons (Fsp3) is 0.143. The molecule has 152 valence electrons. The number of hydrogen-bond donors (Lipinski definition) is 1. The van der Waals surface area contributed by atoms with E-state index in [2.05, 4.69) is 10.3 Å². The Balaban J connectivity index is 1.48. The highest BCUT2D eigenvalue weighted by Gasteiger charge is 2.36. The second-order valence-corrected chi connectivity index (χ2v) is 7.25. The topological polar surface area (TPSA) is 97.8 Å². The average molecular weight is 423 g/mol. The normalized spacial score (nSPS) is 12.7. The van der Waals surface area contributed by atoms with Gasteiger partial charge in [-0.05, 0) is 30.3 Å². The lowest BCUT2D eigenvalue weighted by Gasteiger charge is -2.12. The lowest BCUT2D eigenvalue weighted by molar-refractivity contribution is -0.116. The molecule has 1 aliphatic heterocycles. The summed E-state index contributed by atoms with van der Waals surface area (Å²) >= 11 is 1.22. The van der Waals surface area contributed by atoms with Crippen molar-refractivity contribution in [2.45, 2.75) is 0 Å². The molecule has 1 aliphatic rings. The Hall–Kier alpha value is -3.72. The van der Waals surface area contributed by atoms with Crippen LogP contribution in [0.15, 0.2) is 47.8 Å². The smallest absolute Gasteiger partial charge is 0.262 e. The van der Waals surface area contributed by atoms with Crippen LogP contribution in [0.4, 0.5) is 5.13 Å². The number of hydrogen-bond acceptors (Lipinski definition) is 7. The lowest BCUT2D eigenvalue weighted by Crippen LogP contribution is -2.37. The number of carbonyl (C=O) groups excluding carboxylic acids is 3. The largest absolute Gasteiger partial charge is 0.497 e. The third kappa shape index (κ3) is 3.50. The summed E-state index contributed by atoms with van der Waals surface area (Å²) in [5.41, 5.74) is 1.93. The number of aromatic nitrogens is 1. The molecule has 8 nitrogen and oxygen atoms in total. The minimum absolute atomic E-state index is 0.303. The van der Waals surface area contributed by atoms with E-state index in [1.165, 1.54) is 11.3 Å². The van der Waals surface area contributed by atoms with Crippen molar-refractivity contribution in [2.24, 2.45) is 0 Å². The highest BCUT2D eigenvalue weighted by Crippen LogP contribution is 2.35. The molecule has 0 unspecified atom stereocenters. The van der Waals surface area contributed by atoms with E-state index < -0.39 is 17.7 Å². The van der Waals surface area contributed by atoms with Crippen molar-refractivity contribution >= 4 is 34.2 Å². The predicted octanol–water partition coefficient (Wildman–Crippen LogP) is 3.06. The van der Waals surface area contributed by atoms with Gasteiger partial charge in [-0.3, -0.25) is 19.3 Å². The van der Waals surface area contributed by atoms with Crippen molar-refractivity contribution in [1.29, 1.82) is 0 Å². The predicted molar refractivity (Wildman–Crippen MR) is 111 cm³/mol. The number of ether oxygens (including phenoxy) is 2. The van der Waals surface area contributed by atoms with Crippen LogP contribution in [0.25, 0.3) is 11.3 Å². The van der Waals surface area contributed by atoms with Crippen LogP contribution in [0.2, 0.25) is 0 Å². The summed E-state index contributed by atoms with van der Waals surface area (Å²) in [6.07, 6.45) is 0. The van der Waals surface area contributed by atoms with Gasteiger partial charge in [0.1, 0.15) is 18.0 Å². The maximum atomic E-state index is 12.4. The molecule has 1 aromatic heterocycles. The molecule has 0 saturated carbocycles. The zero-order valence-electron chi connectivity index (χ0n) is 16.2. The molecule has 1 N–H and O–H groups in total. The molecule has 0 saturated heterocycles. The standard InChI is InChI=1S/C21H17N3O5S/c1-28-12-7-8-17(29-2)15(9-12)16-11-30-21(22-16)23-18(25)10-24-19(26)13-5-3-4-6-14(13)20(24)27/h3-9,11H,10H2,1-2H3,(H,22,23,25). The number of rotatable bonds is 6. The number of anilines is 1. The monoisotopic (exact) mass is 423 g/mol. The van der Waals surface area contributed by atoms with Crippen molar-refractivity contribution < 1.29 is 23.9 Å². The van der Waals surface area contributed by atoms with Crippen LogP contribution in [0, 0.1) is 0 Å². The van der Waals surface area contributed by atoms with Gasteiger partial charge in [-0.1, -0.05) is 12.1 Å². The molecule has 2 heterocycles. The zero-order chi connectivity index (χ0) is 21.3. The van der Waals surface area contributed by atoms with Crippen molar-refractivity contribution in [3.63, 3.8) is 0 Å². The van der Waals surface area contributed by atoms with Gasteiger partial charge >= 0.3 is 0 Å². The molecule has 30 heavy (non-hydrogen) atoms. The van der Waals surface area contributed by atoms with Crippen LogP contribution in [0.5, 0.6) is 11.5 Å². The van der Waals surface area contributed by atoms with E-state index in [1.807, 2.05) is 0 Å². The van der Waals surface area contributed by atoms with Crippen LogP contribution in [0.3, 0.4) is 0 Å². The summed E-state index contributed by atoms with van der Waals surface area (Å²) in [5.74, 6) is -0.207. The minimum Gasteiger partial charge on any atom is -0.497 e. The van der Waals surface area contributed by atoms with Crippen molar-refractivity contribution in [3.8, 4) is 22.8 Å². The second kappa shape index (κ2) is 7.96. The van der Waals surface area contributed by atoms with Crippen LogP contribution in [0.1, 0.15) is 20.7 Å². The minimum atomic E-state index is -0.511. The van der Waals surface area contributed by atoms with Crippen LogP contribution in [-0.4, -0.2) is 48.4 Å². The molecule has 3 amide bonds. The van der Waals surface area contributed by atoms with E-state index in [0.717, 1.165) is 4.90 Å². The Bertz CT molecular complexity index is 1120. The molecule has 9 heteroatoms. The fourth-order valence-corrected chi connectivity index (χ4v) is 3.88. The van der Waals surface area contributed by atoms with Crippen LogP contribution in [-0.2, 0) is 4.79 Å². The average Bonchev–Trinajstić information content (AvgIpc) is 3.32. The van der Waals surface area contributed by atoms with Crippen LogP contribution >= 0.6 is 11.3 Å². The maximum absolute atomic E-state index is 12.4. The number of thiazole rings is 1. The molecule has 0 radical (unpaired) electrons. The van der Waals surface area contributed by atoms with Gasteiger partial charge in [-0.25, -0.2) is 4.98 Å². The number of nitrogens with one attached hydrogen (secondary N) is 1. The summed E-state index contributed by atoms with van der Waals surface area (Å²) in [7, 11) is 3.12. The van der Waals surface area contributed by atoms with Gasteiger partial charge in [-0.15, -0.1) is 11.3 Å². The van der Waals surface area contributed by atoms with E-state index in [-0.39, 0.29) is 6.54 Å². The second-order valence-electron chi connectivity index (χ2n) is 6.39. The first-order valence-corrected chi connectivity index (χ1v) is 9.82. The lowest BCUT2D eigenvalue weighted by atomic mass is 10.1. The summed E-state index contributed by atoms with van der Waals surface area (Å²) in [5, 5.41) is 4.76. The van der Waals surface area contributed by atoms with Gasteiger partial charge in [-0.2, -0.15) is 0 Å². The molecule has 0 atom stereocenters. The van der Waals surface area contributed by atoms with Crippen molar-refractivity contribution in [1.82, 2.24) is 9.88 Å². The molecule has 3 aromatic rings. The van der Waals surface area contributed by atoms with Gasteiger partial charge in [0.15, 0.2) is 5.13 Å². The Kier molecular flexibility index (Phi) is 5.20. The number of carbonyl (C=O) groups is 3. The number of imide groups is 1. The summed E-state index contributed by atoms with van der Waals surface area (Å²) in [6, 6.07) is 11.8. The van der Waals surface area contributed by atoms with Crippen molar-refractivity contribution in [2.75, 3.05) is 26.1 Å². The third-order valence-corrected chi connectivity index (χ3v) is 5.37. The van der Waals surface area contributed by atoms with E-state index in [0.29, 0.717) is 39.0 Å². The van der Waals surface area contributed by atoms with Gasteiger partial charge in [0.2, 0.25) is 5.91 Å². The first-order chi connectivity index (χ1) is 14.5. The molecule has 2 aromatic carbocycles. The Morgan fingerprint density at radius 2 is 1.73 bits per heavy atom. The first-order valence-electron chi connectivity index (χ1n) is 8.95. The number of benzene rings is 2. The first kappa shape index (κ1) is 19.6. The maximum Gasteiger partial charge on any atom is 0.262 e. The fourth-order valence-electron chi connectivity index (χ4n) is 3.15. The Morgan fingerprint density at radius 3 is 2.37 bits per heavy atom. The van der Waals surface area contributed by atoms with Gasteiger partial charge in [0, 0.05) is 10.9 Å². The molecule has 0 spiro atoms. The van der Waals surface area contributed by atoms with Gasteiger partial charge < -0.3 is 14.8 Å². The van der Waals surface area contributed by atoms with Gasteiger partial charge in [0.05, 0.1) is 31.0 Å². The molecular formula is C21H17N3O5S. The zero-order valence-corrected chi connectivity index (χ0v) is 17.0. The van der Waals surface area contributed by atoms with E-state index in [1.54, 1.807) is 62.1 Å². The molecule has 0 aliphatic carbocycles. The summed E-state index contributed by atoms with van der Waals surface area (Å²) in [6.45, 7) is -0.385. The molecule has 0 fully saturated rings. The quantitative estimate of drug-likeness (QED) is 0.612. The van der Waals surface area contributed by atoms with Crippen molar-refractivity contribution in [3.05, 3.63) is 59.0 Å². The third-order valence-electron chi connectivity index (χ3n) is 4.61. The van der Waals surface area contributed by atoms with Crippen LogP contribution < -0.4 is 14.8 Å². The summed E-state index contributed by atoms with van der Waals surface area (Å²) < 4.78 is 10.6. The number of methoxy groups -OCH3 is 2. The molecule has 4 rings (SSSR count). The van der Waals surface area contributed by atoms with E-state index >= 15 is 0 Å². The highest BCUT2D eigenvalue weighted by molar-refractivity contribution is 7.14. The summed E-state index contributed by atoms with van der Waals surface area (Å²) in [4.78, 5) is 42.6.